The van der Waals surface area contributed by atoms with E-state index in [0.717, 1.165) is 11.1 Å². The fourth-order valence-electron chi connectivity index (χ4n) is 4.04. The maximum atomic E-state index is 13.5. The van der Waals surface area contributed by atoms with Crippen molar-refractivity contribution >= 4 is 39.9 Å². The molecule has 1 N–H and O–H groups in total. The van der Waals surface area contributed by atoms with E-state index in [-0.39, 0.29) is 5.56 Å². The number of carbonyl (C=O) groups is 1. The molecule has 7 nitrogen and oxygen atoms in total. The second kappa shape index (κ2) is 8.68. The van der Waals surface area contributed by atoms with Gasteiger partial charge in [-0.2, -0.15) is 0 Å². The molecule has 0 spiro atoms. The predicted molar refractivity (Wildman–Crippen MR) is 133 cm³/mol. The molecule has 0 aliphatic heterocycles. The van der Waals surface area contributed by atoms with Gasteiger partial charge in [0.05, 0.1) is 18.2 Å². The molecule has 0 bridgehead atoms. The van der Waals surface area contributed by atoms with Crippen molar-refractivity contribution in [1.29, 1.82) is 0 Å². The molecule has 5 aromatic rings. The van der Waals surface area contributed by atoms with Crippen LogP contribution in [0.4, 0.5) is 5.69 Å². The number of nitrogens with zero attached hydrogens (tertiary/aromatic N) is 3. The van der Waals surface area contributed by atoms with Gasteiger partial charge >= 0.3 is 0 Å². The largest absolute Gasteiger partial charge is 0.495 e. The molecule has 0 saturated carbocycles. The highest BCUT2D eigenvalue weighted by Gasteiger charge is 2.21. The monoisotopic (exact) mass is 472 g/mol. The Hall–Kier alpha value is -4.10. The van der Waals surface area contributed by atoms with E-state index in [1.165, 1.54) is 11.5 Å². The number of halogens is 1. The number of hydrogen-bond donors (Lipinski definition) is 1. The summed E-state index contributed by atoms with van der Waals surface area (Å²) < 4.78 is 8.64. The number of anilines is 1. The van der Waals surface area contributed by atoms with Crippen LogP contribution in [-0.2, 0) is 6.54 Å². The Bertz CT molecular complexity index is 1610. The van der Waals surface area contributed by atoms with E-state index >= 15 is 0 Å². The van der Waals surface area contributed by atoms with Gasteiger partial charge in [-0.1, -0.05) is 48.0 Å². The van der Waals surface area contributed by atoms with Gasteiger partial charge in [0, 0.05) is 17.8 Å². The Morgan fingerprint density at radius 1 is 1.06 bits per heavy atom. The van der Waals surface area contributed by atoms with Crippen LogP contribution in [0.3, 0.4) is 0 Å². The van der Waals surface area contributed by atoms with Gasteiger partial charge in [0.1, 0.15) is 22.7 Å². The number of fused-ring (bicyclic) bond motifs is 2. The van der Waals surface area contributed by atoms with Crippen molar-refractivity contribution in [3.05, 3.63) is 105 Å². The molecular formula is C26H21ClN4O3. The zero-order chi connectivity index (χ0) is 23.8. The van der Waals surface area contributed by atoms with E-state index in [0.29, 0.717) is 45.4 Å². The Balaban J connectivity index is 1.71. The molecule has 34 heavy (non-hydrogen) atoms. The van der Waals surface area contributed by atoms with E-state index in [2.05, 4.69) is 5.32 Å². The summed E-state index contributed by atoms with van der Waals surface area (Å²) in [5.74, 6) is 0.0719. The number of benzene rings is 2. The molecule has 0 radical (unpaired) electrons. The minimum absolute atomic E-state index is 0.232. The number of methoxy groups -OCH3 is 1. The summed E-state index contributed by atoms with van der Waals surface area (Å²) in [5, 5.41) is 3.70. The number of nitrogens with one attached hydrogen (secondary N) is 1. The molecular weight excluding hydrogens is 452 g/mol. The minimum Gasteiger partial charge on any atom is -0.495 e. The molecule has 5 rings (SSSR count). The summed E-state index contributed by atoms with van der Waals surface area (Å²) in [6.45, 7) is 2.27. The first kappa shape index (κ1) is 21.7. The lowest BCUT2D eigenvalue weighted by Crippen LogP contribution is -2.18. The van der Waals surface area contributed by atoms with Gasteiger partial charge in [0.15, 0.2) is 0 Å². The number of rotatable bonds is 5. The van der Waals surface area contributed by atoms with Crippen molar-refractivity contribution in [1.82, 2.24) is 14.0 Å². The molecule has 8 heteroatoms. The molecule has 0 aliphatic rings. The van der Waals surface area contributed by atoms with Gasteiger partial charge in [0.2, 0.25) is 0 Å². The summed E-state index contributed by atoms with van der Waals surface area (Å²) in [4.78, 5) is 31.6. The molecule has 0 saturated heterocycles. The van der Waals surface area contributed by atoms with Gasteiger partial charge in [-0.05, 0) is 48.4 Å². The van der Waals surface area contributed by atoms with Crippen LogP contribution in [0.5, 0.6) is 5.75 Å². The van der Waals surface area contributed by atoms with Crippen molar-refractivity contribution in [3.63, 3.8) is 0 Å². The smallest absolute Gasteiger partial charge is 0.272 e. The first-order chi connectivity index (χ1) is 16.5. The first-order valence-electron chi connectivity index (χ1n) is 10.7. The molecule has 1 amide bonds. The van der Waals surface area contributed by atoms with E-state index in [1.54, 1.807) is 41.1 Å². The van der Waals surface area contributed by atoms with Crippen LogP contribution in [0.1, 0.15) is 21.6 Å². The number of hydrogen-bond acceptors (Lipinski definition) is 4. The highest BCUT2D eigenvalue weighted by Crippen LogP contribution is 2.29. The highest BCUT2D eigenvalue weighted by molar-refractivity contribution is 6.31. The van der Waals surface area contributed by atoms with Gasteiger partial charge in [0.25, 0.3) is 11.5 Å². The van der Waals surface area contributed by atoms with Crippen molar-refractivity contribution in [3.8, 4) is 5.75 Å². The van der Waals surface area contributed by atoms with Gasteiger partial charge < -0.3 is 14.6 Å². The van der Waals surface area contributed by atoms with Crippen LogP contribution in [0.2, 0.25) is 5.02 Å². The second-order valence-corrected chi connectivity index (χ2v) is 8.38. The standard InChI is InChI=1S/C26H21ClN4O3/c1-16-7-6-12-30-23(16)29-24-19(26(30)33)14-21(31(24)15-17-8-4-3-5-9-17)25(32)28-20-13-18(27)10-11-22(20)34-2/h3-14H,15H2,1-2H3,(H,28,32). The van der Waals surface area contributed by atoms with E-state index in [1.807, 2.05) is 43.3 Å². The van der Waals surface area contributed by atoms with Gasteiger partial charge in [-0.15, -0.1) is 0 Å². The number of amides is 1. The summed E-state index contributed by atoms with van der Waals surface area (Å²) in [7, 11) is 1.52. The van der Waals surface area contributed by atoms with Crippen LogP contribution in [0.25, 0.3) is 16.7 Å². The quantitative estimate of drug-likeness (QED) is 0.394. The molecule has 3 aromatic heterocycles. The molecule has 2 aromatic carbocycles. The SMILES string of the molecule is COc1ccc(Cl)cc1NC(=O)c1cc2c(=O)n3cccc(C)c3nc2n1Cc1ccccc1. The lowest BCUT2D eigenvalue weighted by Gasteiger charge is -2.13. The zero-order valence-electron chi connectivity index (χ0n) is 18.6. The summed E-state index contributed by atoms with van der Waals surface area (Å²) in [6.07, 6.45) is 1.68. The molecule has 0 atom stereocenters. The van der Waals surface area contributed by atoms with Gasteiger partial charge in [-0.3, -0.25) is 14.0 Å². The van der Waals surface area contributed by atoms with Crippen molar-refractivity contribution < 1.29 is 9.53 Å². The minimum atomic E-state index is -0.403. The molecule has 0 unspecified atom stereocenters. The normalized spacial score (nSPS) is 11.1. The first-order valence-corrected chi connectivity index (χ1v) is 11.0. The molecule has 0 aliphatic carbocycles. The third-order valence-corrected chi connectivity index (χ3v) is 5.95. The predicted octanol–water partition coefficient (Wildman–Crippen LogP) is 4.92. The average Bonchev–Trinajstić information content (AvgIpc) is 3.19. The summed E-state index contributed by atoms with van der Waals surface area (Å²) in [5.41, 5.74) is 3.35. The maximum absolute atomic E-state index is 13.5. The topological polar surface area (TPSA) is 77.6 Å². The maximum Gasteiger partial charge on any atom is 0.272 e. The summed E-state index contributed by atoms with van der Waals surface area (Å²) in [6, 6.07) is 20.0. The number of pyridine rings is 1. The van der Waals surface area contributed by atoms with E-state index < -0.39 is 5.91 Å². The molecule has 0 fully saturated rings. The Morgan fingerprint density at radius 3 is 2.62 bits per heavy atom. The fourth-order valence-corrected chi connectivity index (χ4v) is 4.21. The van der Waals surface area contributed by atoms with Crippen molar-refractivity contribution in [2.45, 2.75) is 13.5 Å². The van der Waals surface area contributed by atoms with Crippen LogP contribution in [0, 0.1) is 6.92 Å². The second-order valence-electron chi connectivity index (χ2n) is 7.94. The average molecular weight is 473 g/mol. The number of ether oxygens (including phenoxy) is 1. The number of aryl methyl sites for hydroxylation is 1. The fraction of sp³-hybridized carbons (Fsp3) is 0.115. The third kappa shape index (κ3) is 3.80. The number of aromatic nitrogens is 3. The van der Waals surface area contributed by atoms with Crippen molar-refractivity contribution in [2.75, 3.05) is 12.4 Å². The van der Waals surface area contributed by atoms with Crippen molar-refractivity contribution in [2.24, 2.45) is 0 Å². The Kier molecular flexibility index (Phi) is 5.55. The van der Waals surface area contributed by atoms with Crippen LogP contribution in [0.15, 0.2) is 77.7 Å². The Labute approximate surface area is 200 Å². The number of carbonyl (C=O) groups excluding carboxylic acids is 1. The zero-order valence-corrected chi connectivity index (χ0v) is 19.3. The van der Waals surface area contributed by atoms with Crippen LogP contribution >= 0.6 is 11.6 Å². The van der Waals surface area contributed by atoms with Crippen LogP contribution < -0.4 is 15.6 Å². The molecule has 170 valence electrons. The van der Waals surface area contributed by atoms with E-state index in [4.69, 9.17) is 21.3 Å². The lowest BCUT2D eigenvalue weighted by atomic mass is 10.2. The van der Waals surface area contributed by atoms with Gasteiger partial charge in [-0.25, -0.2) is 4.98 Å². The third-order valence-electron chi connectivity index (χ3n) is 5.72. The Morgan fingerprint density at radius 2 is 1.85 bits per heavy atom. The van der Waals surface area contributed by atoms with E-state index in [9.17, 15) is 9.59 Å². The highest BCUT2D eigenvalue weighted by atomic mass is 35.5. The lowest BCUT2D eigenvalue weighted by molar-refractivity contribution is 0.101. The summed E-state index contributed by atoms with van der Waals surface area (Å²) >= 11 is 6.14. The molecule has 3 heterocycles. The van der Waals surface area contributed by atoms with Crippen LogP contribution in [-0.4, -0.2) is 27.0 Å².